The minimum absolute atomic E-state index is 0.0444. The molecule has 0 radical (unpaired) electrons. The Morgan fingerprint density at radius 1 is 0.762 bits per heavy atom. The van der Waals surface area contributed by atoms with E-state index in [-0.39, 0.29) is 26.1 Å². The van der Waals surface area contributed by atoms with Crippen LogP contribution < -0.4 is 0 Å². The maximum absolute atomic E-state index is 11.2. The van der Waals surface area contributed by atoms with E-state index < -0.39 is 22.1 Å². The lowest BCUT2D eigenvalue weighted by molar-refractivity contribution is -0.757. The van der Waals surface area contributed by atoms with Crippen molar-refractivity contribution >= 4 is 11.9 Å². The molecule has 0 atom stereocenters. The van der Waals surface area contributed by atoms with E-state index in [1.807, 2.05) is 0 Å². The normalized spacial score (nSPS) is 9.71. The number of esters is 2. The van der Waals surface area contributed by atoms with E-state index in [9.17, 15) is 29.8 Å². The van der Waals surface area contributed by atoms with Crippen LogP contribution >= 0.6 is 0 Å². The zero-order valence-corrected chi connectivity index (χ0v) is 11.2. The van der Waals surface area contributed by atoms with E-state index in [0.717, 1.165) is 0 Å². The van der Waals surface area contributed by atoms with Gasteiger partial charge in [0.05, 0.1) is 13.2 Å². The molecular weight excluding hydrogens is 292 g/mol. The van der Waals surface area contributed by atoms with Crippen molar-refractivity contribution < 1.29 is 34.2 Å². The van der Waals surface area contributed by atoms with Crippen molar-refractivity contribution in [3.05, 3.63) is 20.2 Å². The summed E-state index contributed by atoms with van der Waals surface area (Å²) in [5, 5.41) is 17.8. The predicted octanol–water partition coefficient (Wildman–Crippen LogP) is 0.813. The number of hydrogen-bond acceptors (Lipinski definition) is 9. The van der Waals surface area contributed by atoms with Gasteiger partial charge in [0.2, 0.25) is 0 Å². The molecule has 0 aromatic heterocycles. The van der Waals surface area contributed by atoms with Crippen LogP contribution in [0.1, 0.15) is 38.5 Å². The molecule has 0 heterocycles. The van der Waals surface area contributed by atoms with Crippen LogP contribution in [0.15, 0.2) is 0 Å². The number of carbonyl (C=O) groups is 2. The maximum Gasteiger partial charge on any atom is 0.313 e. The van der Waals surface area contributed by atoms with Crippen LogP contribution in [0.3, 0.4) is 0 Å². The van der Waals surface area contributed by atoms with Crippen LogP contribution in [0.2, 0.25) is 0 Å². The molecule has 0 aromatic carbocycles. The molecular formula is C10H16N2O9. The van der Waals surface area contributed by atoms with Gasteiger partial charge in [-0.3, -0.25) is 9.59 Å². The van der Waals surface area contributed by atoms with Gasteiger partial charge in [0.15, 0.2) is 0 Å². The molecule has 0 unspecified atom stereocenters. The molecule has 120 valence electrons. The first-order valence-corrected chi connectivity index (χ1v) is 6.20. The van der Waals surface area contributed by atoms with Gasteiger partial charge < -0.3 is 14.4 Å². The summed E-state index contributed by atoms with van der Waals surface area (Å²) >= 11 is 0. The molecule has 0 spiro atoms. The van der Waals surface area contributed by atoms with Gasteiger partial charge in [-0.1, -0.05) is 0 Å². The Labute approximate surface area is 119 Å². The second-order valence-electron chi connectivity index (χ2n) is 3.87. The third-order valence-electron chi connectivity index (χ3n) is 2.17. The fourth-order valence-corrected chi connectivity index (χ4v) is 1.25. The minimum atomic E-state index is -0.926. The fraction of sp³-hybridized carbons (Fsp3) is 0.800. The zero-order chi connectivity index (χ0) is 16.1. The number of ether oxygens (including phenoxy) is 1. The van der Waals surface area contributed by atoms with Gasteiger partial charge in [0.1, 0.15) is 0 Å². The SMILES string of the molecule is O=C(CCCCO[N+](=O)[O-])OC(=O)CCCCO[N+](=O)[O-]. The minimum Gasteiger partial charge on any atom is -0.393 e. The molecule has 21 heavy (non-hydrogen) atoms. The summed E-state index contributed by atoms with van der Waals surface area (Å²) in [5.41, 5.74) is 0. The molecule has 0 saturated heterocycles. The van der Waals surface area contributed by atoms with Gasteiger partial charge in [0, 0.05) is 12.8 Å². The molecule has 0 amide bonds. The topological polar surface area (TPSA) is 148 Å². The first-order chi connectivity index (χ1) is 9.91. The number of carbonyl (C=O) groups excluding carboxylic acids is 2. The Balaban J connectivity index is 3.50. The summed E-state index contributed by atoms with van der Waals surface area (Å²) in [4.78, 5) is 50.1. The van der Waals surface area contributed by atoms with Gasteiger partial charge >= 0.3 is 11.9 Å². The highest BCUT2D eigenvalue weighted by Gasteiger charge is 2.10. The molecule has 0 N–H and O–H groups in total. The Hall–Kier alpha value is -2.46. The lowest BCUT2D eigenvalue weighted by Gasteiger charge is -2.03. The van der Waals surface area contributed by atoms with Crippen molar-refractivity contribution in [3.63, 3.8) is 0 Å². The molecule has 0 rings (SSSR count). The van der Waals surface area contributed by atoms with Crippen molar-refractivity contribution in [2.24, 2.45) is 0 Å². The van der Waals surface area contributed by atoms with Crippen molar-refractivity contribution in [2.75, 3.05) is 13.2 Å². The van der Waals surface area contributed by atoms with Crippen LogP contribution in [0, 0.1) is 20.2 Å². The summed E-state index contributed by atoms with van der Waals surface area (Å²) in [6, 6.07) is 0. The highest BCUT2D eigenvalue weighted by atomic mass is 17.0. The van der Waals surface area contributed by atoms with E-state index in [2.05, 4.69) is 14.4 Å². The van der Waals surface area contributed by atoms with Crippen LogP contribution in [-0.4, -0.2) is 35.3 Å². The van der Waals surface area contributed by atoms with Crippen LogP contribution in [-0.2, 0) is 24.0 Å². The van der Waals surface area contributed by atoms with Crippen molar-refractivity contribution in [1.82, 2.24) is 0 Å². The van der Waals surface area contributed by atoms with Crippen LogP contribution in [0.4, 0.5) is 0 Å². The Morgan fingerprint density at radius 2 is 1.14 bits per heavy atom. The third kappa shape index (κ3) is 13.8. The zero-order valence-electron chi connectivity index (χ0n) is 11.2. The van der Waals surface area contributed by atoms with Crippen LogP contribution in [0.5, 0.6) is 0 Å². The van der Waals surface area contributed by atoms with Crippen molar-refractivity contribution in [2.45, 2.75) is 38.5 Å². The molecule has 11 heteroatoms. The van der Waals surface area contributed by atoms with Crippen LogP contribution in [0.25, 0.3) is 0 Å². The predicted molar refractivity (Wildman–Crippen MR) is 64.7 cm³/mol. The Kier molecular flexibility index (Phi) is 10.0. The van der Waals surface area contributed by atoms with E-state index in [1.165, 1.54) is 0 Å². The largest absolute Gasteiger partial charge is 0.393 e. The molecule has 11 nitrogen and oxygen atoms in total. The molecule has 0 aliphatic rings. The first kappa shape index (κ1) is 18.5. The summed E-state index contributed by atoms with van der Waals surface area (Å²) in [6.45, 7) is -0.241. The Morgan fingerprint density at radius 3 is 1.48 bits per heavy atom. The monoisotopic (exact) mass is 308 g/mol. The van der Waals surface area contributed by atoms with E-state index in [4.69, 9.17) is 0 Å². The van der Waals surface area contributed by atoms with E-state index >= 15 is 0 Å². The lowest BCUT2D eigenvalue weighted by atomic mass is 10.2. The summed E-state index contributed by atoms with van der Waals surface area (Å²) in [5.74, 6) is -1.44. The smallest absolute Gasteiger partial charge is 0.313 e. The second kappa shape index (κ2) is 11.4. The fourth-order valence-electron chi connectivity index (χ4n) is 1.25. The van der Waals surface area contributed by atoms with Gasteiger partial charge in [-0.15, -0.1) is 20.2 Å². The van der Waals surface area contributed by atoms with Crippen molar-refractivity contribution in [1.29, 1.82) is 0 Å². The summed E-state index contributed by atoms with van der Waals surface area (Å²) in [6.07, 6.45) is 1.10. The Bertz CT molecular complexity index is 338. The van der Waals surface area contributed by atoms with E-state index in [0.29, 0.717) is 25.7 Å². The molecule has 0 bridgehead atoms. The second-order valence-corrected chi connectivity index (χ2v) is 3.87. The number of nitrogens with zero attached hydrogens (tertiary/aromatic N) is 2. The highest BCUT2D eigenvalue weighted by Crippen LogP contribution is 2.02. The molecule has 0 saturated carbocycles. The first-order valence-electron chi connectivity index (χ1n) is 6.20. The molecule has 0 aliphatic heterocycles. The standard InChI is InChI=1S/C10H16N2O9/c13-9(5-1-3-7-19-11(15)16)21-10(14)6-2-4-8-20-12(17)18/h1-8H2. The number of unbranched alkanes of at least 4 members (excludes halogenated alkanes) is 2. The number of hydrogen-bond donors (Lipinski definition) is 0. The van der Waals surface area contributed by atoms with Crippen molar-refractivity contribution in [3.8, 4) is 0 Å². The maximum atomic E-state index is 11.2. The molecule has 0 fully saturated rings. The van der Waals surface area contributed by atoms with E-state index in [1.54, 1.807) is 0 Å². The third-order valence-corrected chi connectivity index (χ3v) is 2.17. The highest BCUT2D eigenvalue weighted by molar-refractivity contribution is 5.85. The quantitative estimate of drug-likeness (QED) is 0.168. The average Bonchev–Trinajstić information content (AvgIpc) is 2.37. The average molecular weight is 308 g/mol. The number of rotatable bonds is 12. The van der Waals surface area contributed by atoms with Gasteiger partial charge in [0.25, 0.3) is 10.2 Å². The van der Waals surface area contributed by atoms with Gasteiger partial charge in [-0.2, -0.15) is 0 Å². The lowest BCUT2D eigenvalue weighted by Crippen LogP contribution is -2.12. The summed E-state index contributed by atoms with van der Waals surface area (Å²) in [7, 11) is 0. The van der Waals surface area contributed by atoms with Gasteiger partial charge in [-0.05, 0) is 25.7 Å². The molecule has 0 aromatic rings. The summed E-state index contributed by atoms with van der Waals surface area (Å²) < 4.78 is 4.48. The van der Waals surface area contributed by atoms with Gasteiger partial charge in [-0.25, -0.2) is 0 Å². The molecule has 0 aliphatic carbocycles.